The first-order valence-electron chi connectivity index (χ1n) is 8.48. The first-order chi connectivity index (χ1) is 11.6. The Labute approximate surface area is 140 Å². The van der Waals surface area contributed by atoms with E-state index in [9.17, 15) is 9.59 Å². The predicted octanol–water partition coefficient (Wildman–Crippen LogP) is 1.61. The number of carbonyl (C=O) groups is 2. The number of pyridine rings is 1. The summed E-state index contributed by atoms with van der Waals surface area (Å²) in [4.78, 5) is 25.3. The van der Waals surface area contributed by atoms with Crippen molar-refractivity contribution in [2.45, 2.75) is 51.5 Å². The van der Waals surface area contributed by atoms with E-state index in [4.69, 9.17) is 0 Å². The number of aryl methyl sites for hydroxylation is 1. The smallest absolute Gasteiger partial charge is 0.253 e. The van der Waals surface area contributed by atoms with Crippen molar-refractivity contribution < 1.29 is 9.59 Å². The fourth-order valence-corrected chi connectivity index (χ4v) is 3.32. The van der Waals surface area contributed by atoms with Gasteiger partial charge in [-0.2, -0.15) is 0 Å². The molecule has 1 saturated carbocycles. The van der Waals surface area contributed by atoms with Crippen LogP contribution in [-0.2, 0) is 4.79 Å². The van der Waals surface area contributed by atoms with Crippen LogP contribution in [0.4, 0.5) is 0 Å². The van der Waals surface area contributed by atoms with Crippen LogP contribution in [0.5, 0.6) is 0 Å². The largest absolute Gasteiger partial charge is 0.354 e. The molecule has 2 aromatic heterocycles. The van der Waals surface area contributed by atoms with Gasteiger partial charge >= 0.3 is 0 Å². The zero-order valence-electron chi connectivity index (χ0n) is 14.1. The lowest BCUT2D eigenvalue weighted by Crippen LogP contribution is -2.59. The lowest BCUT2D eigenvalue weighted by molar-refractivity contribution is -0.128. The number of aromatic nitrogens is 3. The third-order valence-corrected chi connectivity index (χ3v) is 4.67. The van der Waals surface area contributed by atoms with Crippen molar-refractivity contribution >= 4 is 17.5 Å². The maximum atomic E-state index is 12.8. The lowest BCUT2D eigenvalue weighted by Gasteiger charge is -2.36. The van der Waals surface area contributed by atoms with Crippen LogP contribution in [-0.4, -0.2) is 38.5 Å². The highest BCUT2D eigenvalue weighted by Gasteiger charge is 2.40. The molecule has 2 N–H and O–H groups in total. The zero-order chi connectivity index (χ0) is 17.2. The van der Waals surface area contributed by atoms with Crippen LogP contribution >= 0.6 is 0 Å². The normalized spacial score (nSPS) is 16.8. The van der Waals surface area contributed by atoms with Crippen molar-refractivity contribution in [3.8, 4) is 0 Å². The van der Waals surface area contributed by atoms with Crippen LogP contribution in [0.2, 0.25) is 0 Å². The molecule has 1 aliphatic carbocycles. The molecule has 0 atom stereocenters. The second-order valence-electron chi connectivity index (χ2n) is 6.35. The SMILES string of the molecule is CCNC(=O)C1(NC(=O)c2ccc3nnc(C)n3c2)CCCCC1. The molecule has 2 aromatic rings. The van der Waals surface area contributed by atoms with Crippen molar-refractivity contribution in [3.05, 3.63) is 29.7 Å². The van der Waals surface area contributed by atoms with E-state index in [0.717, 1.165) is 25.1 Å². The number of nitrogens with one attached hydrogen (secondary N) is 2. The van der Waals surface area contributed by atoms with Gasteiger partial charge in [-0.15, -0.1) is 10.2 Å². The van der Waals surface area contributed by atoms with Crippen LogP contribution < -0.4 is 10.6 Å². The van der Waals surface area contributed by atoms with Gasteiger partial charge in [0.25, 0.3) is 5.91 Å². The van der Waals surface area contributed by atoms with E-state index >= 15 is 0 Å². The van der Waals surface area contributed by atoms with Gasteiger partial charge < -0.3 is 10.6 Å². The number of hydrogen-bond acceptors (Lipinski definition) is 4. The van der Waals surface area contributed by atoms with Crippen LogP contribution in [0, 0.1) is 6.92 Å². The average molecular weight is 329 g/mol. The molecular formula is C17H23N5O2. The summed E-state index contributed by atoms with van der Waals surface area (Å²) >= 11 is 0. The summed E-state index contributed by atoms with van der Waals surface area (Å²) in [6.45, 7) is 4.28. The van der Waals surface area contributed by atoms with Crippen molar-refractivity contribution in [1.29, 1.82) is 0 Å². The summed E-state index contributed by atoms with van der Waals surface area (Å²) < 4.78 is 1.77. The highest BCUT2D eigenvalue weighted by atomic mass is 16.2. The first kappa shape index (κ1) is 16.4. The van der Waals surface area contributed by atoms with Gasteiger partial charge in [-0.3, -0.25) is 14.0 Å². The van der Waals surface area contributed by atoms with Crippen molar-refractivity contribution in [1.82, 2.24) is 25.2 Å². The molecule has 2 amide bonds. The number of amides is 2. The van der Waals surface area contributed by atoms with Crippen molar-refractivity contribution in [3.63, 3.8) is 0 Å². The van der Waals surface area contributed by atoms with Gasteiger partial charge in [-0.1, -0.05) is 19.3 Å². The van der Waals surface area contributed by atoms with Gasteiger partial charge in [0, 0.05) is 12.7 Å². The summed E-state index contributed by atoms with van der Waals surface area (Å²) in [5.74, 6) is 0.397. The molecule has 0 aromatic carbocycles. The molecule has 7 heteroatoms. The topological polar surface area (TPSA) is 88.4 Å². The van der Waals surface area contributed by atoms with Crippen molar-refractivity contribution in [2.24, 2.45) is 0 Å². The van der Waals surface area contributed by atoms with E-state index in [0.29, 0.717) is 30.6 Å². The van der Waals surface area contributed by atoms with Crippen LogP contribution in [0.25, 0.3) is 5.65 Å². The molecule has 0 unspecified atom stereocenters. The number of hydrogen-bond donors (Lipinski definition) is 2. The third-order valence-electron chi connectivity index (χ3n) is 4.67. The fourth-order valence-electron chi connectivity index (χ4n) is 3.32. The lowest BCUT2D eigenvalue weighted by atomic mass is 9.80. The third kappa shape index (κ3) is 2.98. The van der Waals surface area contributed by atoms with E-state index in [2.05, 4.69) is 20.8 Å². The minimum Gasteiger partial charge on any atom is -0.354 e. The molecule has 1 fully saturated rings. The molecule has 0 radical (unpaired) electrons. The Morgan fingerprint density at radius 2 is 1.96 bits per heavy atom. The minimum atomic E-state index is -0.803. The molecule has 0 bridgehead atoms. The highest BCUT2D eigenvalue weighted by Crippen LogP contribution is 2.29. The Hall–Kier alpha value is -2.44. The average Bonchev–Trinajstić information content (AvgIpc) is 2.96. The Morgan fingerprint density at radius 1 is 1.21 bits per heavy atom. The number of carbonyl (C=O) groups excluding carboxylic acids is 2. The molecule has 3 rings (SSSR count). The van der Waals surface area contributed by atoms with Crippen LogP contribution in [0.3, 0.4) is 0 Å². The first-order valence-corrected chi connectivity index (χ1v) is 8.48. The number of likely N-dealkylation sites (N-methyl/N-ethyl adjacent to an activating group) is 1. The molecular weight excluding hydrogens is 306 g/mol. The van der Waals surface area contributed by atoms with Gasteiger partial charge in [0.15, 0.2) is 5.65 Å². The predicted molar refractivity (Wildman–Crippen MR) is 89.7 cm³/mol. The molecule has 0 saturated heterocycles. The van der Waals surface area contributed by atoms with Gasteiger partial charge in [0.1, 0.15) is 11.4 Å². The zero-order valence-corrected chi connectivity index (χ0v) is 14.1. The summed E-state index contributed by atoms with van der Waals surface area (Å²) in [5.41, 5.74) is 0.391. The quantitative estimate of drug-likeness (QED) is 0.892. The Balaban J connectivity index is 1.86. The molecule has 0 spiro atoms. The Kier molecular flexibility index (Phi) is 4.51. The summed E-state index contributed by atoms with van der Waals surface area (Å²) in [6, 6.07) is 3.47. The number of fused-ring (bicyclic) bond motifs is 1. The standard InChI is InChI=1S/C17H23N5O2/c1-3-18-16(24)17(9-5-4-6-10-17)19-15(23)13-7-8-14-21-20-12(2)22(14)11-13/h7-8,11H,3-6,9-10H2,1-2H3,(H,18,24)(H,19,23). The Morgan fingerprint density at radius 3 is 2.67 bits per heavy atom. The van der Waals surface area contributed by atoms with Crippen molar-refractivity contribution in [2.75, 3.05) is 6.54 Å². The fraction of sp³-hybridized carbons (Fsp3) is 0.529. The van der Waals surface area contributed by atoms with Crippen LogP contribution in [0.15, 0.2) is 18.3 Å². The van der Waals surface area contributed by atoms with E-state index < -0.39 is 5.54 Å². The molecule has 2 heterocycles. The minimum absolute atomic E-state index is 0.0837. The van der Waals surface area contributed by atoms with Gasteiger partial charge in [0.05, 0.1) is 5.56 Å². The molecule has 0 aliphatic heterocycles. The second kappa shape index (κ2) is 6.59. The van der Waals surface area contributed by atoms with Gasteiger partial charge in [-0.25, -0.2) is 0 Å². The molecule has 7 nitrogen and oxygen atoms in total. The Bertz CT molecular complexity index is 761. The maximum absolute atomic E-state index is 12.8. The second-order valence-corrected chi connectivity index (χ2v) is 6.35. The summed E-state index contributed by atoms with van der Waals surface area (Å²) in [5, 5.41) is 13.9. The molecule has 24 heavy (non-hydrogen) atoms. The number of rotatable bonds is 4. The van der Waals surface area contributed by atoms with E-state index in [-0.39, 0.29) is 11.8 Å². The monoisotopic (exact) mass is 329 g/mol. The highest BCUT2D eigenvalue weighted by molar-refractivity contribution is 5.99. The van der Waals surface area contributed by atoms with E-state index in [1.165, 1.54) is 0 Å². The number of nitrogens with zero attached hydrogens (tertiary/aromatic N) is 3. The van der Waals surface area contributed by atoms with Gasteiger partial charge in [0.2, 0.25) is 5.91 Å². The molecule has 1 aliphatic rings. The van der Waals surface area contributed by atoms with Gasteiger partial charge in [-0.05, 0) is 38.8 Å². The summed E-state index contributed by atoms with van der Waals surface area (Å²) in [7, 11) is 0. The van der Waals surface area contributed by atoms with E-state index in [1.807, 2.05) is 13.8 Å². The van der Waals surface area contributed by atoms with E-state index in [1.54, 1.807) is 22.7 Å². The van der Waals surface area contributed by atoms with Crippen LogP contribution in [0.1, 0.15) is 55.2 Å². The molecule has 128 valence electrons. The summed E-state index contributed by atoms with van der Waals surface area (Å²) in [6.07, 6.45) is 6.07. The maximum Gasteiger partial charge on any atom is 0.253 e.